The average molecular weight is 177 g/mol. The van der Waals surface area contributed by atoms with Crippen molar-refractivity contribution >= 4 is 5.82 Å². The average Bonchev–Trinajstić information content (AvgIpc) is 1.88. The summed E-state index contributed by atoms with van der Waals surface area (Å²) in [5.41, 5.74) is 2.97. The van der Waals surface area contributed by atoms with Gasteiger partial charge in [0.25, 0.3) is 0 Å². The van der Waals surface area contributed by atoms with Crippen LogP contribution in [0.5, 0.6) is 0 Å². The summed E-state index contributed by atoms with van der Waals surface area (Å²) in [5, 5.41) is 8.99. The molecule has 0 aromatic carbocycles. The van der Waals surface area contributed by atoms with E-state index < -0.39 is 5.03 Å². The van der Waals surface area contributed by atoms with E-state index in [-0.39, 0.29) is 57.2 Å². The summed E-state index contributed by atoms with van der Waals surface area (Å²) in [7, 11) is 0. The Hall–Kier alpha value is -0.0136. The second kappa shape index (κ2) is 5.61. The Morgan fingerprint density at radius 3 is 2.73 bits per heavy atom. The molecule has 5 nitrogen and oxygen atoms in total. The molecular formula is C5H4KN3O2. The molecule has 1 aromatic heterocycles. The molecule has 0 spiro atoms. The van der Waals surface area contributed by atoms with Gasteiger partial charge in [-0.3, -0.25) is 10.1 Å². The fourth-order valence-corrected chi connectivity index (χ4v) is 0.497. The van der Waals surface area contributed by atoms with Gasteiger partial charge in [0.05, 0.1) is 5.03 Å². The summed E-state index contributed by atoms with van der Waals surface area (Å²) < 4.78 is 0. The van der Waals surface area contributed by atoms with Crippen molar-refractivity contribution < 1.29 is 56.4 Å². The van der Waals surface area contributed by atoms with Gasteiger partial charge >= 0.3 is 51.4 Å². The van der Waals surface area contributed by atoms with Gasteiger partial charge in [0, 0.05) is 5.82 Å². The molecule has 0 aliphatic carbocycles. The van der Waals surface area contributed by atoms with E-state index in [0.717, 1.165) is 0 Å². The molecule has 11 heavy (non-hydrogen) atoms. The molecule has 0 aliphatic heterocycles. The first-order valence-electron chi connectivity index (χ1n) is 2.56. The SMILES string of the molecule is O=[N+]([O-])[N-]c1ccccn1.[K+]. The minimum atomic E-state index is -0.775. The predicted octanol–water partition coefficient (Wildman–Crippen LogP) is -1.72. The van der Waals surface area contributed by atoms with Gasteiger partial charge in [-0.05, 0) is 0 Å². The van der Waals surface area contributed by atoms with Gasteiger partial charge in [-0.25, -0.2) is 0 Å². The minimum Gasteiger partial charge on any atom is -0.438 e. The van der Waals surface area contributed by atoms with Crippen molar-refractivity contribution in [3.63, 3.8) is 0 Å². The third-order valence-electron chi connectivity index (χ3n) is 0.833. The number of hydrogen-bond donors (Lipinski definition) is 0. The zero-order valence-corrected chi connectivity index (χ0v) is 9.09. The third kappa shape index (κ3) is 4.43. The van der Waals surface area contributed by atoms with Crippen molar-refractivity contribution in [2.45, 2.75) is 0 Å². The van der Waals surface area contributed by atoms with Crippen molar-refractivity contribution in [2.75, 3.05) is 0 Å². The topological polar surface area (TPSA) is 70.1 Å². The van der Waals surface area contributed by atoms with Crippen molar-refractivity contribution in [3.05, 3.63) is 39.9 Å². The predicted molar refractivity (Wildman–Crippen MR) is 34.3 cm³/mol. The molecular weight excluding hydrogens is 173 g/mol. The molecule has 0 fully saturated rings. The van der Waals surface area contributed by atoms with E-state index in [1.54, 1.807) is 12.1 Å². The second-order valence-corrected chi connectivity index (χ2v) is 1.53. The fraction of sp³-hybridized carbons (Fsp3) is 0. The zero-order valence-electron chi connectivity index (χ0n) is 5.97. The Bertz CT molecular complexity index is 228. The van der Waals surface area contributed by atoms with E-state index in [2.05, 4.69) is 10.4 Å². The van der Waals surface area contributed by atoms with E-state index >= 15 is 0 Å². The Labute approximate surface area is 106 Å². The molecule has 0 saturated carbocycles. The molecule has 0 N–H and O–H groups in total. The van der Waals surface area contributed by atoms with Gasteiger partial charge in [0.15, 0.2) is 0 Å². The molecule has 1 aromatic rings. The largest absolute Gasteiger partial charge is 1.00 e. The number of nitro groups is 1. The van der Waals surface area contributed by atoms with Crippen molar-refractivity contribution in [1.82, 2.24) is 4.98 Å². The summed E-state index contributed by atoms with van der Waals surface area (Å²) >= 11 is 0. The van der Waals surface area contributed by atoms with Crippen LogP contribution in [-0.4, -0.2) is 10.0 Å². The number of aromatic nitrogens is 1. The first-order chi connectivity index (χ1) is 4.79. The minimum absolute atomic E-state index is 0. The number of hydrogen-bond acceptors (Lipinski definition) is 3. The zero-order chi connectivity index (χ0) is 7.40. The molecule has 0 amide bonds. The standard InChI is InChI=1S/C5H4N3O2.K/c9-8(10)7-5-3-1-2-4-6-5;/h1-4H;/q-1;+1. The molecule has 0 radical (unpaired) electrons. The van der Waals surface area contributed by atoms with Crippen LogP contribution in [0.25, 0.3) is 5.43 Å². The number of pyridine rings is 1. The van der Waals surface area contributed by atoms with Gasteiger partial charge in [-0.1, -0.05) is 24.4 Å². The maximum Gasteiger partial charge on any atom is 1.00 e. The van der Waals surface area contributed by atoms with Crippen molar-refractivity contribution in [1.29, 1.82) is 0 Å². The molecule has 0 atom stereocenters. The Balaban J connectivity index is 0.000001000. The summed E-state index contributed by atoms with van der Waals surface area (Å²) in [5.74, 6) is 0.118. The summed E-state index contributed by atoms with van der Waals surface area (Å²) in [6.45, 7) is 0. The molecule has 0 aliphatic rings. The van der Waals surface area contributed by atoms with E-state index in [4.69, 9.17) is 0 Å². The maximum absolute atomic E-state index is 9.77. The summed E-state index contributed by atoms with van der Waals surface area (Å²) in [6, 6.07) is 4.76. The molecule has 52 valence electrons. The maximum atomic E-state index is 9.77. The van der Waals surface area contributed by atoms with Crippen LogP contribution in [0.15, 0.2) is 24.4 Å². The van der Waals surface area contributed by atoms with Gasteiger partial charge in [-0.15, -0.1) is 5.43 Å². The number of nitrogens with zero attached hydrogens (tertiary/aromatic N) is 3. The van der Waals surface area contributed by atoms with Crippen LogP contribution in [-0.2, 0) is 0 Å². The summed E-state index contributed by atoms with van der Waals surface area (Å²) in [4.78, 5) is 13.4. The smallest absolute Gasteiger partial charge is 0.438 e. The van der Waals surface area contributed by atoms with Crippen LogP contribution in [0.1, 0.15) is 0 Å². The van der Waals surface area contributed by atoms with Crippen molar-refractivity contribution in [3.8, 4) is 0 Å². The molecule has 0 bridgehead atoms. The van der Waals surface area contributed by atoms with Crippen LogP contribution in [0.3, 0.4) is 0 Å². The van der Waals surface area contributed by atoms with Crippen LogP contribution in [0.4, 0.5) is 5.82 Å². The third-order valence-corrected chi connectivity index (χ3v) is 0.833. The molecule has 1 heterocycles. The van der Waals surface area contributed by atoms with Crippen LogP contribution < -0.4 is 51.4 Å². The van der Waals surface area contributed by atoms with Gasteiger partial charge in [0.2, 0.25) is 0 Å². The van der Waals surface area contributed by atoms with E-state index in [1.165, 1.54) is 12.3 Å². The fourth-order valence-electron chi connectivity index (χ4n) is 0.497. The van der Waals surface area contributed by atoms with Gasteiger partial charge in [0.1, 0.15) is 0 Å². The first-order valence-corrected chi connectivity index (χ1v) is 2.56. The Kier molecular flexibility index (Phi) is 5.61. The van der Waals surface area contributed by atoms with Gasteiger partial charge in [-0.2, -0.15) is 0 Å². The molecule has 6 heteroatoms. The van der Waals surface area contributed by atoms with Crippen LogP contribution in [0, 0.1) is 10.1 Å². The van der Waals surface area contributed by atoms with E-state index in [0.29, 0.717) is 0 Å². The molecule has 1 rings (SSSR count). The van der Waals surface area contributed by atoms with Crippen LogP contribution in [0.2, 0.25) is 0 Å². The quantitative estimate of drug-likeness (QED) is 0.306. The molecule has 0 unspecified atom stereocenters. The normalized spacial score (nSPS) is 8.00. The van der Waals surface area contributed by atoms with E-state index in [1.807, 2.05) is 0 Å². The van der Waals surface area contributed by atoms with Crippen LogP contribution >= 0.6 is 0 Å². The second-order valence-electron chi connectivity index (χ2n) is 1.53. The molecule has 0 saturated heterocycles. The van der Waals surface area contributed by atoms with Gasteiger partial charge < -0.3 is 4.98 Å². The summed E-state index contributed by atoms with van der Waals surface area (Å²) in [6.07, 6.45) is 1.45. The Morgan fingerprint density at radius 2 is 2.27 bits per heavy atom. The monoisotopic (exact) mass is 177 g/mol. The Morgan fingerprint density at radius 1 is 1.55 bits per heavy atom. The number of rotatable bonds is 2. The first kappa shape index (κ1) is 11.0. The van der Waals surface area contributed by atoms with Crippen molar-refractivity contribution in [2.24, 2.45) is 0 Å². The van der Waals surface area contributed by atoms with E-state index in [9.17, 15) is 10.1 Å².